The molecule has 2 fully saturated rings. The summed E-state index contributed by atoms with van der Waals surface area (Å²) in [6.07, 6.45) is -0.491. The lowest BCUT2D eigenvalue weighted by Crippen LogP contribution is -2.58. The molecule has 2 aromatic rings. The van der Waals surface area contributed by atoms with E-state index in [0.29, 0.717) is 24.3 Å². The Kier molecular flexibility index (Phi) is 6.51. The predicted molar refractivity (Wildman–Crippen MR) is 122 cm³/mol. The summed E-state index contributed by atoms with van der Waals surface area (Å²) in [6.45, 7) is 2.11. The standard InChI is InChI=1S/C24H25ClFN3O5/c1-16(30)28-9-7-23(8-10-28)15-29(20-5-3-2-4-6-20)21(31)24(23,33)34-22(32)27-14-17-11-18(25)13-19(26)12-17/h2-6,11-13,33H,7-10,14-15H2,1H3,(H,27,32)/t24-/m1/s1. The fourth-order valence-corrected chi connectivity index (χ4v) is 4.91. The number of nitrogens with one attached hydrogen (secondary N) is 1. The first-order chi connectivity index (χ1) is 16.1. The van der Waals surface area contributed by atoms with Crippen LogP contribution >= 0.6 is 11.6 Å². The number of carbonyl (C=O) groups is 3. The molecule has 2 aromatic carbocycles. The first kappa shape index (κ1) is 24.0. The fraction of sp³-hybridized carbons (Fsp3) is 0.375. The minimum atomic E-state index is -2.44. The van der Waals surface area contributed by atoms with Crippen molar-refractivity contribution in [3.8, 4) is 0 Å². The van der Waals surface area contributed by atoms with E-state index in [-0.39, 0.29) is 36.9 Å². The third kappa shape index (κ3) is 4.45. The summed E-state index contributed by atoms with van der Waals surface area (Å²) >= 11 is 5.85. The summed E-state index contributed by atoms with van der Waals surface area (Å²) in [5.41, 5.74) is -0.150. The first-order valence-corrected chi connectivity index (χ1v) is 11.3. The maximum atomic E-state index is 13.6. The predicted octanol–water partition coefficient (Wildman–Crippen LogP) is 3.07. The van der Waals surface area contributed by atoms with Crippen molar-refractivity contribution in [2.75, 3.05) is 24.5 Å². The number of halogens is 2. The summed E-state index contributed by atoms with van der Waals surface area (Å²) in [5, 5.41) is 14.2. The van der Waals surface area contributed by atoms with Crippen LogP contribution in [0.3, 0.4) is 0 Å². The van der Waals surface area contributed by atoms with Gasteiger partial charge in [0.1, 0.15) is 5.82 Å². The molecule has 2 heterocycles. The van der Waals surface area contributed by atoms with Crippen LogP contribution in [0, 0.1) is 11.2 Å². The molecule has 0 aromatic heterocycles. The molecule has 1 spiro atoms. The number of amides is 3. The van der Waals surface area contributed by atoms with Crippen LogP contribution < -0.4 is 10.2 Å². The molecule has 2 aliphatic heterocycles. The van der Waals surface area contributed by atoms with E-state index in [0.717, 1.165) is 6.07 Å². The first-order valence-electron chi connectivity index (χ1n) is 10.9. The van der Waals surface area contributed by atoms with Gasteiger partial charge >= 0.3 is 17.8 Å². The van der Waals surface area contributed by atoms with E-state index in [1.807, 2.05) is 0 Å². The highest BCUT2D eigenvalue weighted by molar-refractivity contribution is 6.30. The Morgan fingerprint density at radius 1 is 1.18 bits per heavy atom. The number of para-hydroxylation sites is 1. The van der Waals surface area contributed by atoms with Gasteiger partial charge in [0, 0.05) is 43.8 Å². The van der Waals surface area contributed by atoms with Gasteiger partial charge in [-0.25, -0.2) is 9.18 Å². The van der Waals surface area contributed by atoms with Gasteiger partial charge in [0.25, 0.3) is 0 Å². The quantitative estimate of drug-likeness (QED) is 0.643. The van der Waals surface area contributed by atoms with E-state index in [9.17, 15) is 23.9 Å². The Hall–Kier alpha value is -3.17. The van der Waals surface area contributed by atoms with Crippen molar-refractivity contribution in [1.82, 2.24) is 10.2 Å². The van der Waals surface area contributed by atoms with Crippen molar-refractivity contribution in [1.29, 1.82) is 0 Å². The van der Waals surface area contributed by atoms with Gasteiger partial charge in [-0.1, -0.05) is 29.8 Å². The van der Waals surface area contributed by atoms with Crippen molar-refractivity contribution >= 4 is 35.2 Å². The van der Waals surface area contributed by atoms with Gasteiger partial charge in [-0.2, -0.15) is 0 Å². The number of benzene rings is 2. The Morgan fingerprint density at radius 2 is 1.85 bits per heavy atom. The number of alkyl carbamates (subject to hydrolysis) is 1. The molecule has 1 atom stereocenters. The molecule has 0 unspecified atom stereocenters. The molecular formula is C24H25ClFN3O5. The SMILES string of the molecule is CC(=O)N1CCC2(CC1)CN(c1ccccc1)C(=O)[C@@]2(O)OC(=O)NCc1cc(F)cc(Cl)c1. The van der Waals surface area contributed by atoms with E-state index in [1.165, 1.54) is 24.0 Å². The van der Waals surface area contributed by atoms with E-state index in [1.54, 1.807) is 35.2 Å². The number of likely N-dealkylation sites (tertiary alicyclic amines) is 1. The van der Waals surface area contributed by atoms with E-state index in [4.69, 9.17) is 16.3 Å². The number of carbonyl (C=O) groups excluding carboxylic acids is 3. The Bertz CT molecular complexity index is 1090. The zero-order valence-corrected chi connectivity index (χ0v) is 19.3. The van der Waals surface area contributed by atoms with Gasteiger partial charge in [0.05, 0.1) is 5.41 Å². The van der Waals surface area contributed by atoms with Crippen molar-refractivity contribution in [2.45, 2.75) is 32.1 Å². The smallest absolute Gasteiger partial charge is 0.406 e. The van der Waals surface area contributed by atoms with E-state index >= 15 is 0 Å². The van der Waals surface area contributed by atoms with Crippen LogP contribution in [-0.2, 0) is 20.9 Å². The second kappa shape index (κ2) is 9.23. The molecule has 4 rings (SSSR count). The molecule has 2 saturated heterocycles. The molecule has 2 aliphatic rings. The Morgan fingerprint density at radius 3 is 2.47 bits per heavy atom. The van der Waals surface area contributed by atoms with E-state index in [2.05, 4.69) is 5.32 Å². The third-order valence-corrected chi connectivity index (χ3v) is 6.77. The maximum Gasteiger partial charge on any atom is 0.410 e. The maximum absolute atomic E-state index is 13.6. The van der Waals surface area contributed by atoms with Crippen LogP contribution in [0.5, 0.6) is 0 Å². The third-order valence-electron chi connectivity index (χ3n) is 6.55. The molecule has 3 amide bonds. The topological polar surface area (TPSA) is 99.2 Å². The summed E-state index contributed by atoms with van der Waals surface area (Å²) in [4.78, 5) is 41.0. The molecule has 180 valence electrons. The van der Waals surface area contributed by atoms with Crippen LogP contribution in [0.2, 0.25) is 5.02 Å². The second-order valence-corrected chi connectivity index (χ2v) is 9.11. The van der Waals surface area contributed by atoms with Crippen LogP contribution in [0.4, 0.5) is 14.9 Å². The van der Waals surface area contributed by atoms with Crippen molar-refractivity contribution in [3.63, 3.8) is 0 Å². The average Bonchev–Trinajstić information content (AvgIpc) is 3.00. The number of aliphatic hydroxyl groups is 1. The van der Waals surface area contributed by atoms with Gasteiger partial charge < -0.3 is 25.0 Å². The van der Waals surface area contributed by atoms with E-state index < -0.39 is 29.0 Å². The molecule has 0 aliphatic carbocycles. The number of piperidine rings is 1. The minimum Gasteiger partial charge on any atom is -0.406 e. The van der Waals surface area contributed by atoms with Gasteiger partial charge in [-0.15, -0.1) is 0 Å². The van der Waals surface area contributed by atoms with Crippen LogP contribution in [0.1, 0.15) is 25.3 Å². The fourth-order valence-electron chi connectivity index (χ4n) is 4.66. The van der Waals surface area contributed by atoms with Crippen molar-refractivity contribution in [3.05, 3.63) is 64.9 Å². The van der Waals surface area contributed by atoms with Gasteiger partial charge in [0.2, 0.25) is 5.91 Å². The number of hydrogen-bond donors (Lipinski definition) is 2. The second-order valence-electron chi connectivity index (χ2n) is 8.68. The summed E-state index contributed by atoms with van der Waals surface area (Å²) in [5.74, 6) is -3.85. The lowest BCUT2D eigenvalue weighted by Gasteiger charge is -2.43. The normalized spacial score (nSPS) is 21.6. The van der Waals surface area contributed by atoms with Gasteiger partial charge in [-0.05, 0) is 48.7 Å². The summed E-state index contributed by atoms with van der Waals surface area (Å²) < 4.78 is 19.0. The molecule has 0 bridgehead atoms. The van der Waals surface area contributed by atoms with Crippen molar-refractivity contribution in [2.24, 2.45) is 5.41 Å². The zero-order chi connectivity index (χ0) is 24.5. The highest BCUT2D eigenvalue weighted by atomic mass is 35.5. The van der Waals surface area contributed by atoms with Crippen LogP contribution in [0.15, 0.2) is 48.5 Å². The molecular weight excluding hydrogens is 465 g/mol. The lowest BCUT2D eigenvalue weighted by atomic mass is 9.73. The monoisotopic (exact) mass is 489 g/mol. The Labute approximate surface area is 201 Å². The van der Waals surface area contributed by atoms with Gasteiger partial charge in [0.15, 0.2) is 0 Å². The number of nitrogens with zero attached hydrogens (tertiary/aromatic N) is 2. The number of hydrogen-bond acceptors (Lipinski definition) is 5. The van der Waals surface area contributed by atoms with Crippen LogP contribution in [-0.4, -0.2) is 53.3 Å². The van der Waals surface area contributed by atoms with Crippen LogP contribution in [0.25, 0.3) is 0 Å². The summed E-state index contributed by atoms with van der Waals surface area (Å²) in [7, 11) is 0. The van der Waals surface area contributed by atoms with Crippen molar-refractivity contribution < 1.29 is 28.6 Å². The molecule has 2 N–H and O–H groups in total. The zero-order valence-electron chi connectivity index (χ0n) is 18.6. The summed E-state index contributed by atoms with van der Waals surface area (Å²) in [6, 6.07) is 12.6. The molecule has 34 heavy (non-hydrogen) atoms. The lowest BCUT2D eigenvalue weighted by molar-refractivity contribution is -0.224. The average molecular weight is 490 g/mol. The molecule has 0 radical (unpaired) electrons. The molecule has 10 heteroatoms. The minimum absolute atomic E-state index is 0.102. The van der Waals surface area contributed by atoms with Gasteiger partial charge in [-0.3, -0.25) is 9.59 Å². The highest BCUT2D eigenvalue weighted by Gasteiger charge is 2.67. The largest absolute Gasteiger partial charge is 0.410 e. The number of ether oxygens (including phenoxy) is 1. The Balaban J connectivity index is 1.56. The molecule has 0 saturated carbocycles. The molecule has 8 nitrogen and oxygen atoms in total. The number of rotatable bonds is 4. The number of anilines is 1. The highest BCUT2D eigenvalue weighted by Crippen LogP contribution is 2.50.